The monoisotopic (exact) mass is 241 g/mol. The van der Waals surface area contributed by atoms with Gasteiger partial charge in [-0.3, -0.25) is 4.79 Å². The molecular weight excluding hydrogens is 225 g/mol. The topological polar surface area (TPSA) is 72.5 Å². The summed E-state index contributed by atoms with van der Waals surface area (Å²) >= 11 is 0. The van der Waals surface area contributed by atoms with Crippen molar-refractivity contribution >= 4 is 5.97 Å². The number of hydrogen-bond acceptors (Lipinski definition) is 3. The molecule has 0 heterocycles. The van der Waals surface area contributed by atoms with Crippen molar-refractivity contribution < 1.29 is 19.0 Å². The molecule has 0 aliphatic rings. The average Bonchev–Trinajstić information content (AvgIpc) is 2.26. The Bertz CT molecular complexity index is 446. The van der Waals surface area contributed by atoms with Crippen LogP contribution in [0.3, 0.4) is 0 Å². The van der Waals surface area contributed by atoms with E-state index in [0.29, 0.717) is 16.7 Å². The van der Waals surface area contributed by atoms with Crippen LogP contribution < -0.4 is 10.5 Å². The first-order valence-corrected chi connectivity index (χ1v) is 5.20. The van der Waals surface area contributed by atoms with Crippen LogP contribution in [-0.4, -0.2) is 24.7 Å². The van der Waals surface area contributed by atoms with E-state index < -0.39 is 17.7 Å². The number of aliphatic carboxylic acids is 1. The quantitative estimate of drug-likeness (QED) is 0.839. The molecule has 0 saturated carbocycles. The molecule has 0 fully saturated rings. The smallest absolute Gasteiger partial charge is 0.312 e. The summed E-state index contributed by atoms with van der Waals surface area (Å²) in [5.74, 6) is -2.25. The molecular formula is C12H16FNO3. The van der Waals surface area contributed by atoms with Gasteiger partial charge < -0.3 is 15.6 Å². The van der Waals surface area contributed by atoms with Crippen LogP contribution in [0.25, 0.3) is 0 Å². The van der Waals surface area contributed by atoms with Gasteiger partial charge in [0.1, 0.15) is 0 Å². The Morgan fingerprint density at radius 1 is 1.59 bits per heavy atom. The van der Waals surface area contributed by atoms with Gasteiger partial charge in [0, 0.05) is 6.54 Å². The number of benzene rings is 1. The number of rotatable bonds is 4. The van der Waals surface area contributed by atoms with Crippen molar-refractivity contribution in [2.45, 2.75) is 19.8 Å². The molecule has 0 amide bonds. The predicted molar refractivity (Wildman–Crippen MR) is 61.9 cm³/mol. The minimum atomic E-state index is -1.02. The van der Waals surface area contributed by atoms with E-state index in [1.165, 1.54) is 13.2 Å². The largest absolute Gasteiger partial charge is 0.493 e. The standard InChI is InChI=1S/C12H16FNO3/c1-6-4-8(9(5-14)12(15)16)7(2)11(17-3)10(6)13/h4,9H,5,14H2,1-3H3,(H,15,16). The molecule has 17 heavy (non-hydrogen) atoms. The summed E-state index contributed by atoms with van der Waals surface area (Å²) < 4.78 is 18.7. The van der Waals surface area contributed by atoms with E-state index >= 15 is 0 Å². The first kappa shape index (κ1) is 13.4. The Balaban J connectivity index is 3.44. The van der Waals surface area contributed by atoms with E-state index in [2.05, 4.69) is 0 Å². The highest BCUT2D eigenvalue weighted by atomic mass is 19.1. The third kappa shape index (κ3) is 2.39. The Hall–Kier alpha value is -1.62. The van der Waals surface area contributed by atoms with Gasteiger partial charge in [0.05, 0.1) is 13.0 Å². The SMILES string of the molecule is COc1c(C)c(C(CN)C(=O)O)cc(C)c1F. The van der Waals surface area contributed by atoms with Gasteiger partial charge in [0.2, 0.25) is 0 Å². The molecule has 0 bridgehead atoms. The van der Waals surface area contributed by atoms with Gasteiger partial charge in [0.25, 0.3) is 0 Å². The fourth-order valence-corrected chi connectivity index (χ4v) is 1.85. The van der Waals surface area contributed by atoms with Crippen LogP contribution in [0.5, 0.6) is 5.75 Å². The molecule has 1 aromatic carbocycles. The zero-order valence-corrected chi connectivity index (χ0v) is 10.1. The molecule has 1 aromatic rings. The summed E-state index contributed by atoms with van der Waals surface area (Å²) in [5, 5.41) is 9.06. The molecule has 0 aliphatic carbocycles. The zero-order valence-electron chi connectivity index (χ0n) is 10.1. The van der Waals surface area contributed by atoms with E-state index in [1.54, 1.807) is 13.8 Å². The second-order valence-corrected chi connectivity index (χ2v) is 3.88. The van der Waals surface area contributed by atoms with Gasteiger partial charge in [-0.05, 0) is 30.5 Å². The lowest BCUT2D eigenvalue weighted by atomic mass is 9.92. The van der Waals surface area contributed by atoms with Crippen molar-refractivity contribution in [3.63, 3.8) is 0 Å². The lowest BCUT2D eigenvalue weighted by Crippen LogP contribution is -2.22. The van der Waals surface area contributed by atoms with E-state index in [1.807, 2.05) is 0 Å². The molecule has 94 valence electrons. The number of aryl methyl sites for hydroxylation is 1. The summed E-state index contributed by atoms with van der Waals surface area (Å²) in [6, 6.07) is 1.51. The Morgan fingerprint density at radius 3 is 2.59 bits per heavy atom. The van der Waals surface area contributed by atoms with E-state index in [-0.39, 0.29) is 12.3 Å². The molecule has 1 unspecified atom stereocenters. The van der Waals surface area contributed by atoms with Crippen LogP contribution in [0.2, 0.25) is 0 Å². The maximum atomic E-state index is 13.7. The van der Waals surface area contributed by atoms with Crippen molar-refractivity contribution in [3.05, 3.63) is 28.6 Å². The number of hydrogen-bond donors (Lipinski definition) is 2. The van der Waals surface area contributed by atoms with Crippen molar-refractivity contribution in [2.75, 3.05) is 13.7 Å². The third-order valence-corrected chi connectivity index (χ3v) is 2.80. The van der Waals surface area contributed by atoms with E-state index in [4.69, 9.17) is 15.6 Å². The molecule has 1 rings (SSSR count). The number of carbonyl (C=O) groups is 1. The van der Waals surface area contributed by atoms with Crippen LogP contribution in [0.15, 0.2) is 6.07 Å². The molecule has 0 aromatic heterocycles. The van der Waals surface area contributed by atoms with Crippen LogP contribution in [0.4, 0.5) is 4.39 Å². The summed E-state index contributed by atoms with van der Waals surface area (Å²) in [6.45, 7) is 3.16. The van der Waals surface area contributed by atoms with Crippen molar-refractivity contribution in [1.82, 2.24) is 0 Å². The molecule has 0 spiro atoms. The Labute approximate surface area is 99.2 Å². The zero-order chi connectivity index (χ0) is 13.2. The number of methoxy groups -OCH3 is 1. The molecule has 1 atom stereocenters. The second-order valence-electron chi connectivity index (χ2n) is 3.88. The summed E-state index contributed by atoms with van der Waals surface area (Å²) in [6.07, 6.45) is 0. The molecule has 3 N–H and O–H groups in total. The minimum absolute atomic E-state index is 0.0373. The van der Waals surface area contributed by atoms with Gasteiger partial charge in [-0.1, -0.05) is 6.07 Å². The summed E-state index contributed by atoms with van der Waals surface area (Å²) in [7, 11) is 1.35. The van der Waals surface area contributed by atoms with Crippen molar-refractivity contribution in [1.29, 1.82) is 0 Å². The number of ether oxygens (including phenoxy) is 1. The predicted octanol–water partition coefficient (Wildman–Crippen LogP) is 1.58. The Kier molecular flexibility index (Phi) is 4.07. The van der Waals surface area contributed by atoms with Crippen LogP contribution >= 0.6 is 0 Å². The minimum Gasteiger partial charge on any atom is -0.493 e. The van der Waals surface area contributed by atoms with Gasteiger partial charge >= 0.3 is 5.97 Å². The summed E-state index contributed by atoms with van der Waals surface area (Å²) in [4.78, 5) is 11.1. The number of nitrogens with two attached hydrogens (primary N) is 1. The lowest BCUT2D eigenvalue weighted by molar-refractivity contribution is -0.138. The fraction of sp³-hybridized carbons (Fsp3) is 0.417. The first-order chi connectivity index (χ1) is 7.93. The Morgan fingerprint density at radius 2 is 2.18 bits per heavy atom. The molecule has 0 aliphatic heterocycles. The first-order valence-electron chi connectivity index (χ1n) is 5.20. The van der Waals surface area contributed by atoms with Gasteiger partial charge in [-0.15, -0.1) is 0 Å². The van der Waals surface area contributed by atoms with Crippen LogP contribution in [-0.2, 0) is 4.79 Å². The number of carboxylic acids is 1. The third-order valence-electron chi connectivity index (χ3n) is 2.80. The highest BCUT2D eigenvalue weighted by Crippen LogP contribution is 2.32. The van der Waals surface area contributed by atoms with E-state index in [9.17, 15) is 9.18 Å². The van der Waals surface area contributed by atoms with Crippen molar-refractivity contribution in [3.8, 4) is 5.75 Å². The molecule has 5 heteroatoms. The second kappa shape index (κ2) is 5.14. The fourth-order valence-electron chi connectivity index (χ4n) is 1.85. The molecule has 0 radical (unpaired) electrons. The maximum absolute atomic E-state index is 13.7. The average molecular weight is 241 g/mol. The highest BCUT2D eigenvalue weighted by Gasteiger charge is 2.24. The molecule has 4 nitrogen and oxygen atoms in total. The number of carboxylic acid groups (broad SMARTS) is 1. The molecule has 0 saturated heterocycles. The highest BCUT2D eigenvalue weighted by molar-refractivity contribution is 5.77. The normalized spacial score (nSPS) is 12.3. The van der Waals surface area contributed by atoms with Gasteiger partial charge in [0.15, 0.2) is 11.6 Å². The van der Waals surface area contributed by atoms with E-state index in [0.717, 1.165) is 0 Å². The van der Waals surface area contributed by atoms with Crippen LogP contribution in [0.1, 0.15) is 22.6 Å². The lowest BCUT2D eigenvalue weighted by Gasteiger charge is -2.17. The van der Waals surface area contributed by atoms with Gasteiger partial charge in [-0.25, -0.2) is 4.39 Å². The van der Waals surface area contributed by atoms with Gasteiger partial charge in [-0.2, -0.15) is 0 Å². The van der Waals surface area contributed by atoms with Crippen molar-refractivity contribution in [2.24, 2.45) is 5.73 Å². The maximum Gasteiger partial charge on any atom is 0.312 e. The number of halogens is 1. The summed E-state index contributed by atoms with van der Waals surface area (Å²) in [5.41, 5.74) is 6.76. The van der Waals surface area contributed by atoms with Crippen LogP contribution in [0, 0.1) is 19.7 Å².